The fourth-order valence-electron chi connectivity index (χ4n) is 5.27. The highest BCUT2D eigenvalue weighted by atomic mass is 19.4. The average molecular weight is 594 g/mol. The minimum Gasteiger partial charge on any atom is -0.478 e. The van der Waals surface area contributed by atoms with Crippen LogP contribution >= 0.6 is 0 Å². The van der Waals surface area contributed by atoms with Gasteiger partial charge >= 0.3 is 12.1 Å². The number of aromatic nitrogens is 2. The number of halogens is 3. The lowest BCUT2D eigenvalue weighted by atomic mass is 9.98. The number of nitrogens with zero attached hydrogens (tertiary/aromatic N) is 2. The summed E-state index contributed by atoms with van der Waals surface area (Å²) in [5, 5.41) is 13.7. The molecule has 0 fully saturated rings. The molecule has 0 saturated carbocycles. The third-order valence-corrected chi connectivity index (χ3v) is 7.52. The van der Waals surface area contributed by atoms with E-state index in [9.17, 15) is 22.8 Å². The Labute approximate surface area is 250 Å². The third-order valence-electron chi connectivity index (χ3n) is 7.52. The van der Waals surface area contributed by atoms with Crippen molar-refractivity contribution in [1.82, 2.24) is 14.9 Å². The third kappa shape index (κ3) is 5.89. The maximum absolute atomic E-state index is 13.7. The summed E-state index contributed by atoms with van der Waals surface area (Å²) < 4.78 is 42.4. The molecule has 0 aliphatic heterocycles. The number of amides is 1. The zero-order chi connectivity index (χ0) is 31.0. The Balaban J connectivity index is 1.40. The Bertz CT molecular complexity index is 2050. The van der Waals surface area contributed by atoms with Crippen LogP contribution in [-0.2, 0) is 19.3 Å². The number of rotatable bonds is 7. The standard InChI is InChI=1S/C35H26F3N3O3/c1-21-5-8-23-11-12-29(40-31(23)15-21)20-41-14-13-26-16-27(25-3-2-4-28(17-25)35(36,37)38)18-30(32(26)41)33(42)39-19-22-6-9-24(10-7-22)34(43)44/h2-18H,19-20H2,1H3,(H,39,42)(H,43,44). The number of carboxylic acid groups (broad SMARTS) is 1. The Morgan fingerprint density at radius 3 is 2.39 bits per heavy atom. The molecule has 2 N–H and O–H groups in total. The fourth-order valence-corrected chi connectivity index (χ4v) is 5.27. The largest absolute Gasteiger partial charge is 0.478 e. The number of carbonyl (C=O) groups excluding carboxylic acids is 1. The predicted molar refractivity (Wildman–Crippen MR) is 163 cm³/mol. The van der Waals surface area contributed by atoms with Gasteiger partial charge in [-0.2, -0.15) is 13.2 Å². The summed E-state index contributed by atoms with van der Waals surface area (Å²) in [4.78, 5) is 29.7. The van der Waals surface area contributed by atoms with Crippen LogP contribution in [0.25, 0.3) is 32.9 Å². The van der Waals surface area contributed by atoms with E-state index in [0.29, 0.717) is 39.7 Å². The monoisotopic (exact) mass is 593 g/mol. The summed E-state index contributed by atoms with van der Waals surface area (Å²) in [7, 11) is 0. The van der Waals surface area contributed by atoms with Gasteiger partial charge in [-0.3, -0.25) is 9.78 Å². The normalized spacial score (nSPS) is 11.6. The average Bonchev–Trinajstić information content (AvgIpc) is 3.41. The van der Waals surface area contributed by atoms with Crippen molar-refractivity contribution in [2.45, 2.75) is 26.2 Å². The number of nitrogens with one attached hydrogen (secondary N) is 1. The second kappa shape index (κ2) is 11.3. The summed E-state index contributed by atoms with van der Waals surface area (Å²) in [6.45, 7) is 2.49. The maximum atomic E-state index is 13.7. The molecule has 0 aliphatic rings. The number of hydrogen-bond donors (Lipinski definition) is 2. The van der Waals surface area contributed by atoms with E-state index < -0.39 is 23.6 Å². The molecule has 44 heavy (non-hydrogen) atoms. The topological polar surface area (TPSA) is 84.2 Å². The van der Waals surface area contributed by atoms with Gasteiger partial charge in [-0.15, -0.1) is 0 Å². The second-order valence-electron chi connectivity index (χ2n) is 10.7. The number of aromatic carboxylic acids is 1. The minimum atomic E-state index is -4.51. The van der Waals surface area contributed by atoms with Crippen molar-refractivity contribution in [2.24, 2.45) is 0 Å². The lowest BCUT2D eigenvalue weighted by Gasteiger charge is -2.14. The molecule has 4 aromatic carbocycles. The number of fused-ring (bicyclic) bond motifs is 2. The number of alkyl halides is 3. The molecule has 2 aromatic heterocycles. The van der Waals surface area contributed by atoms with Gasteiger partial charge in [0.1, 0.15) is 0 Å². The SMILES string of the molecule is Cc1ccc2ccc(Cn3ccc4cc(-c5cccc(C(F)(F)F)c5)cc(C(=O)NCc5ccc(C(=O)O)cc5)c43)nc2c1. The van der Waals surface area contributed by atoms with Gasteiger partial charge < -0.3 is 15.0 Å². The van der Waals surface area contributed by atoms with Crippen molar-refractivity contribution in [3.8, 4) is 11.1 Å². The molecule has 0 spiro atoms. The Kier molecular flexibility index (Phi) is 7.38. The molecule has 2 heterocycles. The van der Waals surface area contributed by atoms with Crippen LogP contribution in [-0.4, -0.2) is 26.5 Å². The predicted octanol–water partition coefficient (Wildman–Crippen LogP) is 7.86. The molecule has 0 radical (unpaired) electrons. The molecule has 0 unspecified atom stereocenters. The summed E-state index contributed by atoms with van der Waals surface area (Å²) in [6, 6.07) is 26.4. The van der Waals surface area contributed by atoms with E-state index in [-0.39, 0.29) is 12.1 Å². The molecule has 9 heteroatoms. The first kappa shape index (κ1) is 28.7. The highest BCUT2D eigenvalue weighted by molar-refractivity contribution is 6.08. The van der Waals surface area contributed by atoms with Gasteiger partial charge in [0.15, 0.2) is 0 Å². The first-order valence-corrected chi connectivity index (χ1v) is 13.8. The molecule has 0 atom stereocenters. The number of carbonyl (C=O) groups is 2. The van der Waals surface area contributed by atoms with E-state index in [1.165, 1.54) is 18.2 Å². The van der Waals surface area contributed by atoms with E-state index in [4.69, 9.17) is 10.1 Å². The van der Waals surface area contributed by atoms with Crippen LogP contribution in [0.4, 0.5) is 13.2 Å². The summed E-state index contributed by atoms with van der Waals surface area (Å²) >= 11 is 0. The number of hydrogen-bond acceptors (Lipinski definition) is 3. The van der Waals surface area contributed by atoms with Gasteiger partial charge in [0.05, 0.1) is 40.0 Å². The zero-order valence-electron chi connectivity index (χ0n) is 23.5. The van der Waals surface area contributed by atoms with Crippen LogP contribution in [0, 0.1) is 6.92 Å². The molecule has 6 nitrogen and oxygen atoms in total. The molecule has 6 rings (SSSR count). The smallest absolute Gasteiger partial charge is 0.416 e. The lowest BCUT2D eigenvalue weighted by molar-refractivity contribution is -0.137. The van der Waals surface area contributed by atoms with E-state index in [2.05, 4.69) is 5.32 Å². The van der Waals surface area contributed by atoms with Crippen molar-refractivity contribution in [1.29, 1.82) is 0 Å². The van der Waals surface area contributed by atoms with Crippen molar-refractivity contribution in [2.75, 3.05) is 0 Å². The van der Waals surface area contributed by atoms with Gasteiger partial charge in [-0.05, 0) is 83.8 Å². The molecular weight excluding hydrogens is 567 g/mol. The molecular formula is C35H26F3N3O3. The zero-order valence-corrected chi connectivity index (χ0v) is 23.5. The molecule has 0 aliphatic carbocycles. The van der Waals surface area contributed by atoms with Gasteiger partial charge in [0, 0.05) is 23.5 Å². The maximum Gasteiger partial charge on any atom is 0.416 e. The number of benzene rings is 4. The number of carboxylic acids is 1. The highest BCUT2D eigenvalue weighted by Crippen LogP contribution is 2.34. The van der Waals surface area contributed by atoms with Crippen molar-refractivity contribution in [3.05, 3.63) is 137 Å². The number of aryl methyl sites for hydroxylation is 1. The molecule has 220 valence electrons. The van der Waals surface area contributed by atoms with Crippen molar-refractivity contribution in [3.63, 3.8) is 0 Å². The van der Waals surface area contributed by atoms with Crippen molar-refractivity contribution >= 4 is 33.7 Å². The van der Waals surface area contributed by atoms with Gasteiger partial charge in [-0.25, -0.2) is 4.79 Å². The molecule has 0 saturated heterocycles. The lowest BCUT2D eigenvalue weighted by Crippen LogP contribution is -2.23. The van der Waals surface area contributed by atoms with Gasteiger partial charge in [-0.1, -0.05) is 42.5 Å². The van der Waals surface area contributed by atoms with Crippen LogP contribution in [0.1, 0.15) is 43.1 Å². The van der Waals surface area contributed by atoms with Crippen LogP contribution < -0.4 is 5.32 Å². The fraction of sp³-hybridized carbons (Fsp3) is 0.114. The molecule has 6 aromatic rings. The Morgan fingerprint density at radius 2 is 1.64 bits per heavy atom. The van der Waals surface area contributed by atoms with E-state index in [1.54, 1.807) is 30.3 Å². The highest BCUT2D eigenvalue weighted by Gasteiger charge is 2.30. The van der Waals surface area contributed by atoms with Crippen LogP contribution in [0.3, 0.4) is 0 Å². The Morgan fingerprint density at radius 1 is 0.864 bits per heavy atom. The van der Waals surface area contributed by atoms with E-state index >= 15 is 0 Å². The van der Waals surface area contributed by atoms with Crippen molar-refractivity contribution < 1.29 is 27.9 Å². The quantitative estimate of drug-likeness (QED) is 0.197. The van der Waals surface area contributed by atoms with Gasteiger partial charge in [0.25, 0.3) is 5.91 Å². The summed E-state index contributed by atoms with van der Waals surface area (Å²) in [6.07, 6.45) is -2.67. The second-order valence-corrected chi connectivity index (χ2v) is 10.7. The van der Waals surface area contributed by atoms with Crippen LogP contribution in [0.15, 0.2) is 103 Å². The van der Waals surface area contributed by atoms with E-state index in [1.807, 2.05) is 54.1 Å². The first-order chi connectivity index (χ1) is 21.0. The first-order valence-electron chi connectivity index (χ1n) is 13.8. The number of pyridine rings is 1. The summed E-state index contributed by atoms with van der Waals surface area (Å²) in [5.41, 5.74) is 4.49. The van der Waals surface area contributed by atoms with Crippen LogP contribution in [0.2, 0.25) is 0 Å². The molecule has 0 bridgehead atoms. The minimum absolute atomic E-state index is 0.125. The molecule has 1 amide bonds. The summed E-state index contributed by atoms with van der Waals surface area (Å²) in [5.74, 6) is -1.47. The van der Waals surface area contributed by atoms with Crippen LogP contribution in [0.5, 0.6) is 0 Å². The van der Waals surface area contributed by atoms with E-state index in [0.717, 1.165) is 34.3 Å². The van der Waals surface area contributed by atoms with Gasteiger partial charge in [0.2, 0.25) is 0 Å². The Hall–Kier alpha value is -5.44.